The van der Waals surface area contributed by atoms with Crippen molar-refractivity contribution in [3.05, 3.63) is 64.4 Å². The van der Waals surface area contributed by atoms with Gasteiger partial charge in [-0.3, -0.25) is 10.00 Å². The van der Waals surface area contributed by atoms with Crippen LogP contribution >= 0.6 is 11.6 Å². The molecule has 0 bridgehead atoms. The number of carbonyl (C=O) groups is 1. The van der Waals surface area contributed by atoms with Gasteiger partial charge in [0, 0.05) is 29.9 Å². The summed E-state index contributed by atoms with van der Waals surface area (Å²) >= 11 is 6.00. The van der Waals surface area contributed by atoms with Gasteiger partial charge in [-0.2, -0.15) is 5.10 Å². The number of aromatic amines is 1. The highest BCUT2D eigenvalue weighted by molar-refractivity contribution is 6.32. The van der Waals surface area contributed by atoms with Gasteiger partial charge in [0.05, 0.1) is 25.4 Å². The average molecular weight is 449 g/mol. The lowest BCUT2D eigenvalue weighted by molar-refractivity contribution is 0.221. The van der Waals surface area contributed by atoms with Crippen molar-refractivity contribution in [1.82, 2.24) is 15.5 Å². The highest BCUT2D eigenvalue weighted by atomic mass is 35.5. The van der Waals surface area contributed by atoms with Crippen molar-refractivity contribution < 1.29 is 23.4 Å². The van der Waals surface area contributed by atoms with E-state index in [1.807, 2.05) is 0 Å². The Bertz CT molecular complexity index is 1140. The smallest absolute Gasteiger partial charge is 0.322 e. The molecule has 0 unspecified atom stereocenters. The van der Waals surface area contributed by atoms with Gasteiger partial charge in [0.2, 0.25) is 0 Å². The Balaban J connectivity index is 1.58. The lowest BCUT2D eigenvalue weighted by Gasteiger charge is -2.23. The van der Waals surface area contributed by atoms with Crippen molar-refractivity contribution in [3.8, 4) is 16.9 Å². The Morgan fingerprint density at radius 1 is 1.32 bits per heavy atom. The van der Waals surface area contributed by atoms with Crippen molar-refractivity contribution in [1.29, 1.82) is 0 Å². The molecule has 31 heavy (non-hydrogen) atoms. The summed E-state index contributed by atoms with van der Waals surface area (Å²) < 4.78 is 33.7. The fourth-order valence-electron chi connectivity index (χ4n) is 3.66. The molecule has 0 radical (unpaired) electrons. The van der Waals surface area contributed by atoms with Gasteiger partial charge in [-0.05, 0) is 41.8 Å². The summed E-state index contributed by atoms with van der Waals surface area (Å²) in [6.07, 6.45) is 2.02. The molecular weight excluding hydrogens is 430 g/mol. The van der Waals surface area contributed by atoms with Gasteiger partial charge in [0.15, 0.2) is 5.15 Å². The second kappa shape index (κ2) is 8.52. The minimum absolute atomic E-state index is 0.155. The fraction of sp³-hybridized carbons (Fsp3) is 0.238. The maximum absolute atomic E-state index is 14.8. The number of fused-ring (bicyclic) bond motifs is 1. The van der Waals surface area contributed by atoms with Crippen molar-refractivity contribution in [2.24, 2.45) is 0 Å². The number of carbonyl (C=O) groups excluding carboxylic acids is 1. The lowest BCUT2D eigenvalue weighted by Crippen LogP contribution is -2.42. The number of anilines is 1. The maximum atomic E-state index is 14.8. The monoisotopic (exact) mass is 448 g/mol. The first-order valence-electron chi connectivity index (χ1n) is 9.46. The Labute approximate surface area is 181 Å². The molecule has 0 spiro atoms. The van der Waals surface area contributed by atoms with E-state index < -0.39 is 30.3 Å². The van der Waals surface area contributed by atoms with Crippen LogP contribution in [-0.2, 0) is 6.42 Å². The van der Waals surface area contributed by atoms with Crippen LogP contribution in [0.25, 0.3) is 11.1 Å². The minimum atomic E-state index is -0.866. The van der Waals surface area contributed by atoms with Crippen molar-refractivity contribution in [3.63, 3.8) is 0 Å². The molecule has 162 valence electrons. The first-order chi connectivity index (χ1) is 14.9. The molecule has 0 aliphatic carbocycles. The summed E-state index contributed by atoms with van der Waals surface area (Å²) in [5, 5.41) is 19.0. The highest BCUT2D eigenvalue weighted by Gasteiger charge is 2.29. The molecule has 1 aliphatic heterocycles. The van der Waals surface area contributed by atoms with Gasteiger partial charge in [0.25, 0.3) is 0 Å². The number of aliphatic hydroxyl groups is 1. The number of nitrogens with zero attached hydrogens (tertiary/aromatic N) is 2. The van der Waals surface area contributed by atoms with Gasteiger partial charge in [-0.15, -0.1) is 0 Å². The van der Waals surface area contributed by atoms with Crippen LogP contribution in [0.4, 0.5) is 19.3 Å². The van der Waals surface area contributed by atoms with Gasteiger partial charge in [0.1, 0.15) is 17.4 Å². The molecule has 3 aromatic rings. The summed E-state index contributed by atoms with van der Waals surface area (Å²) in [5.41, 5.74) is 2.28. The van der Waals surface area contributed by atoms with Crippen LogP contribution < -0.4 is 15.0 Å². The first kappa shape index (κ1) is 21.1. The molecule has 3 N–H and O–H groups in total. The Morgan fingerprint density at radius 3 is 2.81 bits per heavy atom. The van der Waals surface area contributed by atoms with Crippen LogP contribution in [0.3, 0.4) is 0 Å². The first-order valence-corrected chi connectivity index (χ1v) is 9.84. The molecule has 2 amide bonds. The van der Waals surface area contributed by atoms with Gasteiger partial charge in [-0.25, -0.2) is 13.6 Å². The van der Waals surface area contributed by atoms with E-state index in [-0.39, 0.29) is 10.9 Å². The fourth-order valence-corrected chi connectivity index (χ4v) is 3.86. The Morgan fingerprint density at radius 2 is 2.13 bits per heavy atom. The second-order valence-corrected chi connectivity index (χ2v) is 7.42. The van der Waals surface area contributed by atoms with Crippen molar-refractivity contribution in [2.45, 2.75) is 12.5 Å². The van der Waals surface area contributed by atoms with E-state index in [2.05, 4.69) is 15.5 Å². The molecule has 10 heteroatoms. The molecule has 0 saturated heterocycles. The van der Waals surface area contributed by atoms with E-state index in [0.29, 0.717) is 35.3 Å². The zero-order valence-corrected chi connectivity index (χ0v) is 17.2. The third-order valence-electron chi connectivity index (χ3n) is 5.21. The van der Waals surface area contributed by atoms with E-state index in [1.54, 1.807) is 6.07 Å². The normalized spacial score (nSPS) is 13.8. The van der Waals surface area contributed by atoms with Crippen LogP contribution in [0.15, 0.2) is 36.5 Å². The van der Waals surface area contributed by atoms with E-state index in [4.69, 9.17) is 16.3 Å². The van der Waals surface area contributed by atoms with Crippen molar-refractivity contribution in [2.75, 3.05) is 25.2 Å². The maximum Gasteiger partial charge on any atom is 0.322 e. The molecule has 7 nitrogen and oxygen atoms in total. The molecule has 0 fully saturated rings. The van der Waals surface area contributed by atoms with E-state index in [0.717, 1.165) is 5.56 Å². The SMILES string of the molecule is COc1cc(F)cc([C@@H](CO)NC(=O)N2CCc3cc(-c4c[nH]nc4Cl)c(F)cc32)c1. The molecule has 2 aromatic carbocycles. The number of hydrogen-bond donors (Lipinski definition) is 3. The summed E-state index contributed by atoms with van der Waals surface area (Å²) in [4.78, 5) is 14.3. The predicted molar refractivity (Wildman–Crippen MR) is 111 cm³/mol. The lowest BCUT2D eigenvalue weighted by atomic mass is 10.0. The number of urea groups is 1. The largest absolute Gasteiger partial charge is 0.497 e. The Hall–Kier alpha value is -3.17. The standard InChI is InChI=1S/C21H19ClF2N4O3/c1-31-14-5-12(4-13(23)7-14)18(10-29)26-21(30)28-3-2-11-6-15(17(24)8-19(11)28)16-9-25-27-20(16)22/h4-9,18,29H,2-3,10H2,1H3,(H,25,27)(H,26,30)/t18-/m1/s1. The molecule has 1 aromatic heterocycles. The summed E-state index contributed by atoms with van der Waals surface area (Å²) in [7, 11) is 1.39. The van der Waals surface area contributed by atoms with Gasteiger partial charge >= 0.3 is 6.03 Å². The number of benzene rings is 2. The number of methoxy groups -OCH3 is 1. The Kier molecular flexibility index (Phi) is 5.79. The zero-order chi connectivity index (χ0) is 22.1. The number of amides is 2. The molecule has 1 atom stereocenters. The zero-order valence-electron chi connectivity index (χ0n) is 16.5. The van der Waals surface area contributed by atoms with Crippen LogP contribution in [0.1, 0.15) is 17.2 Å². The molecule has 2 heterocycles. The van der Waals surface area contributed by atoms with Crippen LogP contribution in [-0.4, -0.2) is 41.6 Å². The van der Waals surface area contributed by atoms with E-state index >= 15 is 0 Å². The van der Waals surface area contributed by atoms with Gasteiger partial charge < -0.3 is 15.2 Å². The predicted octanol–water partition coefficient (Wildman–Crippen LogP) is 3.82. The van der Waals surface area contributed by atoms with E-state index in [1.165, 1.54) is 42.5 Å². The molecule has 4 rings (SSSR count). The molecule has 0 saturated carbocycles. The topological polar surface area (TPSA) is 90.5 Å². The molecular formula is C21H19ClF2N4O3. The van der Waals surface area contributed by atoms with Crippen LogP contribution in [0.2, 0.25) is 5.15 Å². The minimum Gasteiger partial charge on any atom is -0.497 e. The molecule has 1 aliphatic rings. The van der Waals surface area contributed by atoms with Crippen LogP contribution in [0, 0.1) is 11.6 Å². The number of rotatable bonds is 5. The number of ether oxygens (including phenoxy) is 1. The second-order valence-electron chi connectivity index (χ2n) is 7.06. The summed E-state index contributed by atoms with van der Waals surface area (Å²) in [6, 6.07) is 5.47. The summed E-state index contributed by atoms with van der Waals surface area (Å²) in [5.74, 6) is -0.835. The quantitative estimate of drug-likeness (QED) is 0.553. The van der Waals surface area contributed by atoms with E-state index in [9.17, 15) is 18.7 Å². The number of aromatic nitrogens is 2. The summed E-state index contributed by atoms with van der Waals surface area (Å²) in [6.45, 7) is -0.126. The highest BCUT2D eigenvalue weighted by Crippen LogP contribution is 2.36. The third-order valence-corrected chi connectivity index (χ3v) is 5.49. The number of nitrogens with one attached hydrogen (secondary N) is 2. The van der Waals surface area contributed by atoms with Gasteiger partial charge in [-0.1, -0.05) is 11.6 Å². The third kappa shape index (κ3) is 4.06. The van der Waals surface area contributed by atoms with Crippen LogP contribution in [0.5, 0.6) is 5.75 Å². The average Bonchev–Trinajstić information content (AvgIpc) is 3.36. The number of hydrogen-bond acceptors (Lipinski definition) is 4. The number of H-pyrrole nitrogens is 1. The number of aliphatic hydroxyl groups excluding tert-OH is 1. The number of halogens is 3. The van der Waals surface area contributed by atoms with Crippen molar-refractivity contribution >= 4 is 23.3 Å².